The molecule has 1 fully saturated rings. The molecule has 3 aromatic rings. The van der Waals surface area contributed by atoms with E-state index < -0.39 is 0 Å². The molecule has 1 N–H and O–H groups in total. The second-order valence-electron chi connectivity index (χ2n) is 8.36. The Morgan fingerprint density at radius 3 is 2.68 bits per heavy atom. The zero-order valence-corrected chi connectivity index (χ0v) is 21.1. The Morgan fingerprint density at radius 1 is 1.15 bits per heavy atom. The number of aromatic nitrogens is 3. The predicted molar refractivity (Wildman–Crippen MR) is 135 cm³/mol. The van der Waals surface area contributed by atoms with Gasteiger partial charge in [-0.1, -0.05) is 41.6 Å². The van der Waals surface area contributed by atoms with Gasteiger partial charge >= 0.3 is 0 Å². The van der Waals surface area contributed by atoms with Crippen LogP contribution in [-0.4, -0.2) is 43.8 Å². The Kier molecular flexibility index (Phi) is 7.58. The standard InChI is InChI=1S/C25H28ClN5O2S/c1-4-30-23(21-10-7-13-31(21)24(33)19-8-5-6-9-20(19)26)28-29-25(30)34-15-22(32)27-18-12-11-16(2)17(3)14-18/h5-6,8-9,11-12,14,21H,4,7,10,13,15H2,1-3H3,(H,27,32). The van der Waals surface area contributed by atoms with Crippen LogP contribution < -0.4 is 5.32 Å². The number of nitrogens with one attached hydrogen (secondary N) is 1. The third-order valence-electron chi connectivity index (χ3n) is 6.10. The van der Waals surface area contributed by atoms with Crippen molar-refractivity contribution in [1.29, 1.82) is 0 Å². The van der Waals surface area contributed by atoms with Crippen LogP contribution in [0.15, 0.2) is 47.6 Å². The molecule has 178 valence electrons. The lowest BCUT2D eigenvalue weighted by atomic mass is 10.1. The minimum absolute atomic E-state index is 0.0966. The van der Waals surface area contributed by atoms with Crippen molar-refractivity contribution in [3.05, 3.63) is 70.0 Å². The van der Waals surface area contributed by atoms with Crippen molar-refractivity contribution >= 4 is 40.9 Å². The highest BCUT2D eigenvalue weighted by molar-refractivity contribution is 7.99. The molecule has 0 saturated carbocycles. The van der Waals surface area contributed by atoms with Gasteiger partial charge in [0.05, 0.1) is 22.4 Å². The summed E-state index contributed by atoms with van der Waals surface area (Å²) in [4.78, 5) is 27.6. The van der Waals surface area contributed by atoms with Crippen LogP contribution in [-0.2, 0) is 11.3 Å². The second-order valence-corrected chi connectivity index (χ2v) is 9.71. The first-order valence-electron chi connectivity index (χ1n) is 11.4. The Balaban J connectivity index is 1.46. The van der Waals surface area contributed by atoms with Crippen LogP contribution in [0, 0.1) is 13.8 Å². The SMILES string of the molecule is CCn1c(SCC(=O)Nc2ccc(C)c(C)c2)nnc1C1CCCN1C(=O)c1ccccc1Cl. The molecule has 1 unspecified atom stereocenters. The van der Waals surface area contributed by atoms with Crippen LogP contribution in [0.5, 0.6) is 0 Å². The van der Waals surface area contributed by atoms with Crippen LogP contribution in [0.2, 0.25) is 5.02 Å². The number of nitrogens with zero attached hydrogens (tertiary/aromatic N) is 4. The van der Waals surface area contributed by atoms with Gasteiger partial charge in [-0.05, 0) is 69.0 Å². The van der Waals surface area contributed by atoms with Crippen molar-refractivity contribution in [3.63, 3.8) is 0 Å². The zero-order valence-electron chi connectivity index (χ0n) is 19.5. The Bertz CT molecular complexity index is 1210. The highest BCUT2D eigenvalue weighted by Crippen LogP contribution is 2.34. The van der Waals surface area contributed by atoms with Gasteiger partial charge in [-0.15, -0.1) is 10.2 Å². The van der Waals surface area contributed by atoms with Crippen LogP contribution in [0.25, 0.3) is 0 Å². The average Bonchev–Trinajstić information content (AvgIpc) is 3.46. The summed E-state index contributed by atoms with van der Waals surface area (Å²) in [7, 11) is 0. The van der Waals surface area contributed by atoms with Crippen molar-refractivity contribution in [1.82, 2.24) is 19.7 Å². The molecular weight excluding hydrogens is 470 g/mol. The normalized spacial score (nSPS) is 15.5. The third-order valence-corrected chi connectivity index (χ3v) is 7.40. The van der Waals surface area contributed by atoms with Crippen molar-refractivity contribution in [3.8, 4) is 0 Å². The monoisotopic (exact) mass is 497 g/mol. The van der Waals surface area contributed by atoms with Crippen molar-refractivity contribution in [2.24, 2.45) is 0 Å². The molecule has 2 aromatic carbocycles. The van der Waals surface area contributed by atoms with E-state index in [9.17, 15) is 9.59 Å². The molecule has 9 heteroatoms. The topological polar surface area (TPSA) is 80.1 Å². The fraction of sp³-hybridized carbons (Fsp3) is 0.360. The van der Waals surface area contributed by atoms with Crippen molar-refractivity contribution in [2.45, 2.75) is 51.4 Å². The van der Waals surface area contributed by atoms with Crippen LogP contribution >= 0.6 is 23.4 Å². The summed E-state index contributed by atoms with van der Waals surface area (Å²) in [6.07, 6.45) is 1.70. The molecule has 0 bridgehead atoms. The highest BCUT2D eigenvalue weighted by atomic mass is 35.5. The van der Waals surface area contributed by atoms with Gasteiger partial charge in [0, 0.05) is 18.8 Å². The summed E-state index contributed by atoms with van der Waals surface area (Å²) in [5.41, 5.74) is 3.60. The summed E-state index contributed by atoms with van der Waals surface area (Å²) in [5.74, 6) is 0.771. The first-order chi connectivity index (χ1) is 16.4. The summed E-state index contributed by atoms with van der Waals surface area (Å²) >= 11 is 7.62. The largest absolute Gasteiger partial charge is 0.328 e. The molecule has 0 spiro atoms. The maximum Gasteiger partial charge on any atom is 0.255 e. The average molecular weight is 498 g/mol. The minimum atomic E-state index is -0.171. The maximum absolute atomic E-state index is 13.2. The van der Waals surface area contributed by atoms with Crippen molar-refractivity contribution in [2.75, 3.05) is 17.6 Å². The molecule has 0 aliphatic carbocycles. The van der Waals surface area contributed by atoms with E-state index in [0.29, 0.717) is 28.8 Å². The summed E-state index contributed by atoms with van der Waals surface area (Å²) in [6.45, 7) is 7.37. The van der Waals surface area contributed by atoms with E-state index in [0.717, 1.165) is 29.9 Å². The van der Waals surface area contributed by atoms with Gasteiger partial charge in [0.25, 0.3) is 5.91 Å². The lowest BCUT2D eigenvalue weighted by molar-refractivity contribution is -0.113. The molecule has 34 heavy (non-hydrogen) atoms. The number of hydrogen-bond acceptors (Lipinski definition) is 5. The number of benzene rings is 2. The number of carbonyl (C=O) groups excluding carboxylic acids is 2. The lowest BCUT2D eigenvalue weighted by Gasteiger charge is -2.25. The first-order valence-corrected chi connectivity index (χ1v) is 12.7. The Morgan fingerprint density at radius 2 is 1.94 bits per heavy atom. The molecule has 1 aromatic heterocycles. The molecule has 2 heterocycles. The Hall–Kier alpha value is -2.84. The van der Waals surface area contributed by atoms with E-state index >= 15 is 0 Å². The summed E-state index contributed by atoms with van der Waals surface area (Å²) in [6, 6.07) is 12.8. The van der Waals surface area contributed by atoms with E-state index in [1.165, 1.54) is 17.3 Å². The molecule has 4 rings (SSSR count). The minimum Gasteiger partial charge on any atom is -0.328 e. The fourth-order valence-electron chi connectivity index (χ4n) is 4.16. The second kappa shape index (κ2) is 10.6. The number of likely N-dealkylation sites (tertiary alicyclic amines) is 1. The van der Waals surface area contributed by atoms with Gasteiger partial charge in [0.1, 0.15) is 0 Å². The number of amides is 2. The van der Waals surface area contributed by atoms with Gasteiger partial charge in [-0.2, -0.15) is 0 Å². The fourth-order valence-corrected chi connectivity index (χ4v) is 5.19. The predicted octanol–water partition coefficient (Wildman–Crippen LogP) is 5.28. The third kappa shape index (κ3) is 5.13. The maximum atomic E-state index is 13.2. The van der Waals surface area contributed by atoms with Gasteiger partial charge in [0.2, 0.25) is 5.91 Å². The zero-order chi connectivity index (χ0) is 24.2. The number of aryl methyl sites for hydroxylation is 2. The molecule has 1 aliphatic heterocycles. The van der Waals surface area contributed by atoms with E-state index in [-0.39, 0.29) is 23.6 Å². The van der Waals surface area contributed by atoms with E-state index in [1.54, 1.807) is 12.1 Å². The lowest BCUT2D eigenvalue weighted by Crippen LogP contribution is -2.32. The number of anilines is 1. The molecular formula is C25H28ClN5O2S. The van der Waals surface area contributed by atoms with E-state index in [2.05, 4.69) is 15.5 Å². The van der Waals surface area contributed by atoms with Crippen LogP contribution in [0.4, 0.5) is 5.69 Å². The molecule has 1 saturated heterocycles. The van der Waals surface area contributed by atoms with E-state index in [1.807, 2.05) is 60.6 Å². The van der Waals surface area contributed by atoms with Gasteiger partial charge in [-0.25, -0.2) is 0 Å². The van der Waals surface area contributed by atoms with Gasteiger partial charge in [-0.3, -0.25) is 9.59 Å². The number of hydrogen-bond donors (Lipinski definition) is 1. The van der Waals surface area contributed by atoms with Gasteiger partial charge < -0.3 is 14.8 Å². The molecule has 1 atom stereocenters. The van der Waals surface area contributed by atoms with Crippen LogP contribution in [0.3, 0.4) is 0 Å². The van der Waals surface area contributed by atoms with Crippen LogP contribution in [0.1, 0.15) is 53.1 Å². The Labute approximate surface area is 208 Å². The molecule has 7 nitrogen and oxygen atoms in total. The van der Waals surface area contributed by atoms with Gasteiger partial charge in [0.15, 0.2) is 11.0 Å². The summed E-state index contributed by atoms with van der Waals surface area (Å²) in [5, 5.41) is 12.8. The first kappa shape index (κ1) is 24.3. The number of carbonyl (C=O) groups is 2. The quantitative estimate of drug-likeness (QED) is 0.449. The number of rotatable bonds is 7. The van der Waals surface area contributed by atoms with Crippen molar-refractivity contribution < 1.29 is 9.59 Å². The number of thioether (sulfide) groups is 1. The van der Waals surface area contributed by atoms with E-state index in [4.69, 9.17) is 11.6 Å². The highest BCUT2D eigenvalue weighted by Gasteiger charge is 2.35. The molecule has 1 aliphatic rings. The molecule has 0 radical (unpaired) electrons. The molecule has 2 amide bonds. The summed E-state index contributed by atoms with van der Waals surface area (Å²) < 4.78 is 2.00. The number of halogens is 1. The smallest absolute Gasteiger partial charge is 0.255 e.